The van der Waals surface area contributed by atoms with Crippen molar-refractivity contribution in [1.29, 1.82) is 0 Å². The number of likely N-dealkylation sites (N-methyl/N-ethyl adjacent to an activating group) is 1. The number of aromatic nitrogens is 1. The van der Waals surface area contributed by atoms with Gasteiger partial charge in [0.25, 0.3) is 5.91 Å². The molecule has 3 rings (SSSR count). The molecular formula is C23H30ClN3O2S. The molecule has 5 nitrogen and oxygen atoms in total. The van der Waals surface area contributed by atoms with Crippen molar-refractivity contribution in [2.24, 2.45) is 0 Å². The number of amides is 1. The minimum Gasteiger partial charge on any atom is -0.484 e. The van der Waals surface area contributed by atoms with Crippen LogP contribution in [0.5, 0.6) is 5.75 Å². The van der Waals surface area contributed by atoms with E-state index in [1.165, 1.54) is 5.56 Å². The monoisotopic (exact) mass is 447 g/mol. The second-order valence-corrected chi connectivity index (χ2v) is 8.11. The largest absolute Gasteiger partial charge is 0.484 e. The number of anilines is 1. The van der Waals surface area contributed by atoms with Crippen LogP contribution in [0.2, 0.25) is 0 Å². The fourth-order valence-electron chi connectivity index (χ4n) is 3.32. The lowest BCUT2D eigenvalue weighted by atomic mass is 10.1. The second-order valence-electron chi connectivity index (χ2n) is 7.10. The molecule has 0 saturated heterocycles. The third-order valence-corrected chi connectivity index (χ3v) is 6.02. The molecular weight excluding hydrogens is 418 g/mol. The Labute approximate surface area is 189 Å². The quantitative estimate of drug-likeness (QED) is 0.458. The molecule has 0 aliphatic heterocycles. The van der Waals surface area contributed by atoms with Gasteiger partial charge in [-0.05, 0) is 56.3 Å². The van der Waals surface area contributed by atoms with Gasteiger partial charge in [0.15, 0.2) is 11.7 Å². The zero-order valence-corrected chi connectivity index (χ0v) is 19.7. The summed E-state index contributed by atoms with van der Waals surface area (Å²) < 4.78 is 6.83. The van der Waals surface area contributed by atoms with E-state index in [0.717, 1.165) is 40.5 Å². The molecule has 1 heterocycles. The Morgan fingerprint density at radius 3 is 2.43 bits per heavy atom. The maximum absolute atomic E-state index is 13.1. The van der Waals surface area contributed by atoms with Crippen LogP contribution in [0.1, 0.15) is 25.0 Å². The minimum absolute atomic E-state index is 0. The van der Waals surface area contributed by atoms with Crippen LogP contribution in [0.25, 0.3) is 10.2 Å². The van der Waals surface area contributed by atoms with Gasteiger partial charge in [0.1, 0.15) is 5.75 Å². The number of para-hydroxylation sites is 1. The Hall–Kier alpha value is -2.15. The molecule has 0 aliphatic carbocycles. The molecule has 0 spiro atoms. The first-order valence-electron chi connectivity index (χ1n) is 10.1. The van der Waals surface area contributed by atoms with Crippen LogP contribution in [0.4, 0.5) is 5.13 Å². The first kappa shape index (κ1) is 24.1. The molecule has 1 amide bonds. The van der Waals surface area contributed by atoms with Gasteiger partial charge < -0.3 is 9.64 Å². The molecule has 0 unspecified atom stereocenters. The molecule has 2 aromatic carbocycles. The number of hydrogen-bond acceptors (Lipinski definition) is 5. The summed E-state index contributed by atoms with van der Waals surface area (Å²) in [6.07, 6.45) is 0. The van der Waals surface area contributed by atoms with Gasteiger partial charge in [0, 0.05) is 13.1 Å². The van der Waals surface area contributed by atoms with E-state index in [-0.39, 0.29) is 24.9 Å². The van der Waals surface area contributed by atoms with Gasteiger partial charge in [-0.25, -0.2) is 4.98 Å². The van der Waals surface area contributed by atoms with E-state index in [1.54, 1.807) is 16.2 Å². The number of aryl methyl sites for hydroxylation is 2. The molecule has 30 heavy (non-hydrogen) atoms. The first-order chi connectivity index (χ1) is 14.0. The van der Waals surface area contributed by atoms with Crippen molar-refractivity contribution in [1.82, 2.24) is 9.88 Å². The molecule has 0 saturated carbocycles. The average Bonchev–Trinajstić information content (AvgIpc) is 3.14. The third-order valence-electron chi connectivity index (χ3n) is 4.99. The lowest BCUT2D eigenvalue weighted by molar-refractivity contribution is -0.120. The second kappa shape index (κ2) is 11.3. The Bertz CT molecular complexity index is 958. The average molecular weight is 448 g/mol. The number of rotatable bonds is 9. The Balaban J connectivity index is 0.00000320. The number of benzene rings is 2. The number of carbonyl (C=O) groups is 1. The van der Waals surface area contributed by atoms with Crippen LogP contribution in [0.15, 0.2) is 42.5 Å². The molecule has 0 aliphatic rings. The Morgan fingerprint density at radius 2 is 1.77 bits per heavy atom. The van der Waals surface area contributed by atoms with Crippen molar-refractivity contribution in [3.63, 3.8) is 0 Å². The maximum Gasteiger partial charge on any atom is 0.266 e. The van der Waals surface area contributed by atoms with Gasteiger partial charge in [0.2, 0.25) is 0 Å². The molecule has 7 heteroatoms. The summed E-state index contributed by atoms with van der Waals surface area (Å²) >= 11 is 1.57. The van der Waals surface area contributed by atoms with Crippen LogP contribution in [-0.2, 0) is 4.79 Å². The summed E-state index contributed by atoms with van der Waals surface area (Å²) in [5, 5.41) is 0.738. The topological polar surface area (TPSA) is 45.7 Å². The minimum atomic E-state index is -0.0746. The summed E-state index contributed by atoms with van der Waals surface area (Å²) in [6, 6.07) is 13.7. The number of halogens is 1. The van der Waals surface area contributed by atoms with Crippen molar-refractivity contribution in [2.45, 2.75) is 27.7 Å². The van der Waals surface area contributed by atoms with Gasteiger partial charge in [-0.3, -0.25) is 9.69 Å². The fourth-order valence-corrected chi connectivity index (χ4v) is 4.51. The normalized spacial score (nSPS) is 10.8. The van der Waals surface area contributed by atoms with Crippen molar-refractivity contribution in [3.05, 3.63) is 53.6 Å². The van der Waals surface area contributed by atoms with Crippen LogP contribution < -0.4 is 9.64 Å². The summed E-state index contributed by atoms with van der Waals surface area (Å²) in [4.78, 5) is 22.0. The van der Waals surface area contributed by atoms with Gasteiger partial charge in [-0.1, -0.05) is 49.4 Å². The highest BCUT2D eigenvalue weighted by molar-refractivity contribution is 7.22. The van der Waals surface area contributed by atoms with E-state index < -0.39 is 0 Å². The van der Waals surface area contributed by atoms with Crippen molar-refractivity contribution >= 4 is 45.0 Å². The van der Waals surface area contributed by atoms with E-state index in [0.29, 0.717) is 12.3 Å². The summed E-state index contributed by atoms with van der Waals surface area (Å²) in [6.45, 7) is 11.7. The van der Waals surface area contributed by atoms with Crippen LogP contribution in [0.3, 0.4) is 0 Å². The number of carbonyl (C=O) groups excluding carboxylic acids is 1. The SMILES string of the molecule is CCN(CC)CCN(C(=O)COc1ccccc1)c1nc2c(C)cc(C)cc2s1.Cl. The molecule has 0 bridgehead atoms. The van der Waals surface area contributed by atoms with E-state index >= 15 is 0 Å². The molecule has 0 fully saturated rings. The zero-order chi connectivity index (χ0) is 20.8. The molecule has 0 N–H and O–H groups in total. The predicted octanol–water partition coefficient (Wildman–Crippen LogP) is 5.09. The van der Waals surface area contributed by atoms with Gasteiger partial charge in [-0.15, -0.1) is 12.4 Å². The van der Waals surface area contributed by atoms with E-state index in [2.05, 4.69) is 44.7 Å². The van der Waals surface area contributed by atoms with Gasteiger partial charge in [0.05, 0.1) is 10.2 Å². The van der Waals surface area contributed by atoms with Crippen LogP contribution >= 0.6 is 23.7 Å². The predicted molar refractivity (Wildman–Crippen MR) is 128 cm³/mol. The van der Waals surface area contributed by atoms with E-state index in [9.17, 15) is 4.79 Å². The Morgan fingerprint density at radius 1 is 1.07 bits per heavy atom. The summed E-state index contributed by atoms with van der Waals surface area (Å²) in [7, 11) is 0. The van der Waals surface area contributed by atoms with Gasteiger partial charge >= 0.3 is 0 Å². The highest BCUT2D eigenvalue weighted by Gasteiger charge is 2.21. The number of fused-ring (bicyclic) bond motifs is 1. The third kappa shape index (κ3) is 5.94. The molecule has 1 aromatic heterocycles. The van der Waals surface area contributed by atoms with Crippen molar-refractivity contribution < 1.29 is 9.53 Å². The smallest absolute Gasteiger partial charge is 0.266 e. The molecule has 162 valence electrons. The maximum atomic E-state index is 13.1. The number of thiazole rings is 1. The number of ether oxygens (including phenoxy) is 1. The zero-order valence-electron chi connectivity index (χ0n) is 18.1. The summed E-state index contributed by atoms with van der Waals surface area (Å²) in [5.41, 5.74) is 3.32. The van der Waals surface area contributed by atoms with Crippen molar-refractivity contribution in [3.8, 4) is 5.75 Å². The van der Waals surface area contributed by atoms with Crippen molar-refractivity contribution in [2.75, 3.05) is 37.7 Å². The van der Waals surface area contributed by atoms with Crippen LogP contribution in [0, 0.1) is 13.8 Å². The van der Waals surface area contributed by atoms with E-state index in [1.807, 2.05) is 30.3 Å². The van der Waals surface area contributed by atoms with Gasteiger partial charge in [-0.2, -0.15) is 0 Å². The van der Waals surface area contributed by atoms with Crippen LogP contribution in [-0.4, -0.2) is 48.6 Å². The molecule has 0 atom stereocenters. The summed E-state index contributed by atoms with van der Waals surface area (Å²) in [5.74, 6) is 0.620. The lowest BCUT2D eigenvalue weighted by Crippen LogP contribution is -2.41. The highest BCUT2D eigenvalue weighted by atomic mass is 35.5. The molecule has 0 radical (unpaired) electrons. The number of hydrogen-bond donors (Lipinski definition) is 0. The molecule has 3 aromatic rings. The Kier molecular flexibility index (Phi) is 9.08. The highest BCUT2D eigenvalue weighted by Crippen LogP contribution is 2.31. The standard InChI is InChI=1S/C23H29N3O2S.ClH/c1-5-25(6-2)12-13-26(21(27)16-28-19-10-8-7-9-11-19)23-24-22-18(4)14-17(3)15-20(22)29-23;/h7-11,14-15H,5-6,12-13,16H2,1-4H3;1H. The van der Waals surface area contributed by atoms with E-state index in [4.69, 9.17) is 9.72 Å². The first-order valence-corrected chi connectivity index (χ1v) is 10.9. The lowest BCUT2D eigenvalue weighted by Gasteiger charge is -2.24. The fraction of sp³-hybridized carbons (Fsp3) is 0.391. The number of nitrogens with zero attached hydrogens (tertiary/aromatic N) is 3.